The minimum atomic E-state index is -0.433. The topological polar surface area (TPSA) is 101 Å². The van der Waals surface area contributed by atoms with Crippen LogP contribution >= 0.6 is 22.9 Å². The predicted molar refractivity (Wildman–Crippen MR) is 110 cm³/mol. The highest BCUT2D eigenvalue weighted by Crippen LogP contribution is 2.38. The zero-order valence-corrected chi connectivity index (χ0v) is 17.4. The molecule has 0 aliphatic carbocycles. The molecule has 0 spiro atoms. The van der Waals surface area contributed by atoms with Gasteiger partial charge in [0.2, 0.25) is 5.91 Å². The zero-order chi connectivity index (χ0) is 20.8. The van der Waals surface area contributed by atoms with Gasteiger partial charge in [-0.05, 0) is 18.4 Å². The standard InChI is InChI=1S/C19H21ClN4O4S/c1-21-16(26)15-18(22-14(25)10-20)29-17(23-15)13-8-5-9-24(13)19(27)28-11-12-6-3-2-4-7-12/h2-4,6-7,13H,5,8-11H2,1H3,(H,21,26)(H,22,25). The van der Waals surface area contributed by atoms with E-state index in [1.54, 1.807) is 4.90 Å². The lowest BCUT2D eigenvalue weighted by molar-refractivity contribution is -0.113. The Morgan fingerprint density at radius 2 is 2.07 bits per heavy atom. The predicted octanol–water partition coefficient (Wildman–Crippen LogP) is 3.15. The number of likely N-dealkylation sites (tertiary alicyclic amines) is 1. The summed E-state index contributed by atoms with van der Waals surface area (Å²) in [4.78, 5) is 42.5. The van der Waals surface area contributed by atoms with Crippen LogP contribution in [0.3, 0.4) is 0 Å². The Morgan fingerprint density at radius 1 is 1.31 bits per heavy atom. The highest BCUT2D eigenvalue weighted by molar-refractivity contribution is 7.16. The van der Waals surface area contributed by atoms with Gasteiger partial charge in [-0.2, -0.15) is 0 Å². The quantitative estimate of drug-likeness (QED) is 0.677. The molecule has 0 saturated carbocycles. The second kappa shape index (κ2) is 9.71. The lowest BCUT2D eigenvalue weighted by Crippen LogP contribution is -2.31. The van der Waals surface area contributed by atoms with Gasteiger partial charge in [0.25, 0.3) is 5.91 Å². The number of carbonyl (C=O) groups is 3. The van der Waals surface area contributed by atoms with Crippen molar-refractivity contribution < 1.29 is 19.1 Å². The van der Waals surface area contributed by atoms with Gasteiger partial charge >= 0.3 is 6.09 Å². The Morgan fingerprint density at radius 3 is 2.76 bits per heavy atom. The number of nitrogens with zero attached hydrogens (tertiary/aromatic N) is 2. The second-order valence-electron chi connectivity index (χ2n) is 6.38. The first-order valence-electron chi connectivity index (χ1n) is 9.09. The molecular weight excluding hydrogens is 416 g/mol. The van der Waals surface area contributed by atoms with Crippen molar-refractivity contribution in [1.29, 1.82) is 0 Å². The number of hydrogen-bond donors (Lipinski definition) is 2. The molecule has 1 aromatic heterocycles. The number of benzene rings is 1. The summed E-state index contributed by atoms with van der Waals surface area (Å²) in [6, 6.07) is 9.12. The number of hydrogen-bond acceptors (Lipinski definition) is 6. The highest BCUT2D eigenvalue weighted by atomic mass is 35.5. The van der Waals surface area contributed by atoms with Crippen LogP contribution in [0.25, 0.3) is 0 Å². The minimum Gasteiger partial charge on any atom is -0.445 e. The summed E-state index contributed by atoms with van der Waals surface area (Å²) in [6.45, 7) is 0.720. The molecule has 3 rings (SSSR count). The van der Waals surface area contributed by atoms with Crippen molar-refractivity contribution in [2.45, 2.75) is 25.5 Å². The number of halogens is 1. The number of thiazole rings is 1. The fourth-order valence-corrected chi connectivity index (χ4v) is 4.23. The number of anilines is 1. The fourth-order valence-electron chi connectivity index (χ4n) is 3.04. The van der Waals surface area contributed by atoms with Gasteiger partial charge in [0.05, 0.1) is 6.04 Å². The van der Waals surface area contributed by atoms with Crippen molar-refractivity contribution >= 4 is 45.8 Å². The largest absolute Gasteiger partial charge is 0.445 e. The van der Waals surface area contributed by atoms with Gasteiger partial charge < -0.3 is 15.4 Å². The van der Waals surface area contributed by atoms with E-state index >= 15 is 0 Å². The smallest absolute Gasteiger partial charge is 0.410 e. The Hall–Kier alpha value is -2.65. The monoisotopic (exact) mass is 436 g/mol. The molecule has 1 aromatic carbocycles. The van der Waals surface area contributed by atoms with Crippen molar-refractivity contribution in [2.24, 2.45) is 0 Å². The lowest BCUT2D eigenvalue weighted by Gasteiger charge is -2.22. The van der Waals surface area contributed by atoms with Crippen LogP contribution in [0, 0.1) is 0 Å². The van der Waals surface area contributed by atoms with Crippen molar-refractivity contribution in [3.05, 3.63) is 46.6 Å². The van der Waals surface area contributed by atoms with Crippen LogP contribution in [0.5, 0.6) is 0 Å². The third kappa shape index (κ3) is 5.04. The maximum atomic E-state index is 12.6. The first-order chi connectivity index (χ1) is 14.0. The molecule has 1 saturated heterocycles. The van der Waals surface area contributed by atoms with E-state index < -0.39 is 17.9 Å². The van der Waals surface area contributed by atoms with Crippen molar-refractivity contribution in [1.82, 2.24) is 15.2 Å². The third-order valence-electron chi connectivity index (χ3n) is 4.44. The molecule has 0 radical (unpaired) electrons. The Kier molecular flexibility index (Phi) is 7.05. The molecule has 154 valence electrons. The maximum Gasteiger partial charge on any atom is 0.410 e. The number of amides is 3. The molecule has 3 amide bonds. The van der Waals surface area contributed by atoms with Crippen LogP contribution in [0.1, 0.15) is 39.9 Å². The van der Waals surface area contributed by atoms with E-state index in [1.165, 1.54) is 18.4 Å². The van der Waals surface area contributed by atoms with Gasteiger partial charge in [-0.3, -0.25) is 14.5 Å². The summed E-state index contributed by atoms with van der Waals surface area (Å²) in [5, 5.41) is 5.99. The van der Waals surface area contributed by atoms with E-state index in [1.807, 2.05) is 30.3 Å². The van der Waals surface area contributed by atoms with E-state index in [0.717, 1.165) is 12.0 Å². The Bertz CT molecular complexity index is 890. The van der Waals surface area contributed by atoms with Gasteiger partial charge in [-0.1, -0.05) is 41.7 Å². The molecule has 8 nitrogen and oxygen atoms in total. The van der Waals surface area contributed by atoms with Crippen molar-refractivity contribution in [2.75, 3.05) is 24.8 Å². The maximum absolute atomic E-state index is 12.6. The van der Waals surface area contributed by atoms with E-state index in [4.69, 9.17) is 16.3 Å². The summed E-state index contributed by atoms with van der Waals surface area (Å²) < 4.78 is 5.45. The van der Waals surface area contributed by atoms with Crippen LogP contribution in [-0.2, 0) is 16.1 Å². The van der Waals surface area contributed by atoms with E-state index in [9.17, 15) is 14.4 Å². The molecule has 1 atom stereocenters. The summed E-state index contributed by atoms with van der Waals surface area (Å²) in [7, 11) is 1.48. The lowest BCUT2D eigenvalue weighted by atomic mass is 10.2. The molecule has 1 aliphatic heterocycles. The normalized spacial score (nSPS) is 15.8. The average molecular weight is 437 g/mol. The second-order valence-corrected chi connectivity index (χ2v) is 7.68. The molecule has 1 fully saturated rings. The number of rotatable bonds is 6. The SMILES string of the molecule is CNC(=O)c1nc(C2CCCN2C(=O)OCc2ccccc2)sc1NC(=O)CCl. The summed E-state index contributed by atoms with van der Waals surface area (Å²) in [6.07, 6.45) is 1.06. The van der Waals surface area contributed by atoms with Crippen molar-refractivity contribution in [3.8, 4) is 0 Å². The Labute approximate surface area is 177 Å². The number of aromatic nitrogens is 1. The van der Waals surface area contributed by atoms with Gasteiger partial charge in [0.15, 0.2) is 5.69 Å². The molecule has 1 aliphatic rings. The van der Waals surface area contributed by atoms with Gasteiger partial charge in [-0.15, -0.1) is 11.6 Å². The molecule has 2 heterocycles. The molecule has 29 heavy (non-hydrogen) atoms. The molecule has 0 bridgehead atoms. The zero-order valence-electron chi connectivity index (χ0n) is 15.8. The van der Waals surface area contributed by atoms with Crippen LogP contribution in [0.4, 0.5) is 9.80 Å². The van der Waals surface area contributed by atoms with E-state index in [0.29, 0.717) is 23.0 Å². The molecule has 10 heteroatoms. The molecule has 1 unspecified atom stereocenters. The number of nitrogens with one attached hydrogen (secondary N) is 2. The van der Waals surface area contributed by atoms with E-state index in [-0.39, 0.29) is 24.2 Å². The summed E-state index contributed by atoms with van der Waals surface area (Å²) in [5.41, 5.74) is 1.01. The van der Waals surface area contributed by atoms with Crippen LogP contribution in [-0.4, -0.2) is 47.3 Å². The fraction of sp³-hybridized carbons (Fsp3) is 0.368. The summed E-state index contributed by atoms with van der Waals surface area (Å²) in [5.74, 6) is -1.09. The Balaban J connectivity index is 1.76. The van der Waals surface area contributed by atoms with Crippen molar-refractivity contribution in [3.63, 3.8) is 0 Å². The van der Waals surface area contributed by atoms with Crippen LogP contribution in [0.2, 0.25) is 0 Å². The summed E-state index contributed by atoms with van der Waals surface area (Å²) >= 11 is 6.72. The number of carbonyl (C=O) groups excluding carboxylic acids is 3. The first kappa shape index (κ1) is 21.1. The number of ether oxygens (including phenoxy) is 1. The van der Waals surface area contributed by atoms with E-state index in [2.05, 4.69) is 15.6 Å². The molecular formula is C19H21ClN4O4S. The number of alkyl halides is 1. The highest BCUT2D eigenvalue weighted by Gasteiger charge is 2.35. The average Bonchev–Trinajstić information content (AvgIpc) is 3.39. The molecule has 2 aromatic rings. The van der Waals surface area contributed by atoms with Gasteiger partial charge in [0.1, 0.15) is 22.5 Å². The molecule has 2 N–H and O–H groups in total. The first-order valence-corrected chi connectivity index (χ1v) is 10.4. The van der Waals surface area contributed by atoms with Gasteiger partial charge in [0, 0.05) is 13.6 Å². The minimum absolute atomic E-state index is 0.107. The van der Waals surface area contributed by atoms with Crippen LogP contribution in [0.15, 0.2) is 30.3 Å². The van der Waals surface area contributed by atoms with Crippen LogP contribution < -0.4 is 10.6 Å². The third-order valence-corrected chi connectivity index (χ3v) is 5.75. The van der Waals surface area contributed by atoms with Gasteiger partial charge in [-0.25, -0.2) is 9.78 Å².